The van der Waals surface area contributed by atoms with Crippen LogP contribution in [-0.2, 0) is 16.1 Å². The molecule has 1 saturated heterocycles. The average Bonchev–Trinajstić information content (AvgIpc) is 2.99. The van der Waals surface area contributed by atoms with E-state index in [0.29, 0.717) is 0 Å². The van der Waals surface area contributed by atoms with Crippen molar-refractivity contribution in [3.8, 4) is 11.1 Å². The van der Waals surface area contributed by atoms with E-state index in [1.807, 2.05) is 34.4 Å². The summed E-state index contributed by atoms with van der Waals surface area (Å²) in [7, 11) is 3.56. The van der Waals surface area contributed by atoms with Gasteiger partial charge in [0.15, 0.2) is 22.7 Å². The van der Waals surface area contributed by atoms with Gasteiger partial charge in [-0.1, -0.05) is 23.7 Å². The number of aromatic nitrogens is 1. The highest BCUT2D eigenvalue weighted by Gasteiger charge is 2.26. The molecule has 0 bridgehead atoms. The fraction of sp³-hybridized carbons (Fsp3) is 0.412. The van der Waals surface area contributed by atoms with Crippen molar-refractivity contribution >= 4 is 34.1 Å². The maximum absolute atomic E-state index is 11.6. The third-order valence-corrected chi connectivity index (χ3v) is 5.54. The number of carbonyl (C=O) groups is 1. The minimum Gasteiger partial charge on any atom is -0.870 e. The Kier molecular flexibility index (Phi) is 6.78. The zero-order valence-electron chi connectivity index (χ0n) is 14.3. The summed E-state index contributed by atoms with van der Waals surface area (Å²) in [5.74, 6) is -0.242. The van der Waals surface area contributed by atoms with Crippen molar-refractivity contribution < 1.29 is 19.0 Å². The molecule has 3 rings (SSSR count). The average molecular weight is 384 g/mol. The molecule has 1 aliphatic rings. The Morgan fingerprint density at radius 3 is 2.48 bits per heavy atom. The normalized spacial score (nSPS) is 14.9. The Morgan fingerprint density at radius 2 is 1.88 bits per heavy atom. The van der Waals surface area contributed by atoms with Crippen LogP contribution < -0.4 is 8.86 Å². The van der Waals surface area contributed by atoms with E-state index < -0.39 is 0 Å². The molecule has 1 fully saturated rings. The van der Waals surface area contributed by atoms with Crippen molar-refractivity contribution in [2.75, 3.05) is 45.2 Å². The zero-order chi connectivity index (χ0) is 17.1. The molecule has 1 N–H and O–H groups in total. The van der Waals surface area contributed by atoms with Crippen molar-refractivity contribution in [2.45, 2.75) is 6.54 Å². The predicted molar refractivity (Wildman–Crippen MR) is 98.6 cm³/mol. The molecular weight excluding hydrogens is 362 g/mol. The monoisotopic (exact) mass is 383 g/mol. The minimum atomic E-state index is -0.242. The number of esters is 1. The number of anilines is 1. The molecular formula is C17H22ClN3O3S. The second kappa shape index (κ2) is 8.62. The molecule has 0 radical (unpaired) electrons. The molecule has 0 spiro atoms. The Bertz CT molecular complexity index is 712. The number of halogens is 1. The van der Waals surface area contributed by atoms with Crippen LogP contribution in [0.2, 0.25) is 5.02 Å². The largest absolute Gasteiger partial charge is 0.870 e. The summed E-state index contributed by atoms with van der Waals surface area (Å²) < 4.78 is 6.73. The summed E-state index contributed by atoms with van der Waals surface area (Å²) in [6.45, 7) is 4.27. The topological polar surface area (TPSA) is 66.7 Å². The maximum Gasteiger partial charge on any atom is 0.373 e. The van der Waals surface area contributed by atoms with Crippen LogP contribution in [0.5, 0.6) is 0 Å². The van der Waals surface area contributed by atoms with Crippen molar-refractivity contribution in [1.29, 1.82) is 0 Å². The predicted octanol–water partition coefficient (Wildman–Crippen LogP) is 2.10. The Balaban J connectivity index is 0.00000225. The van der Waals surface area contributed by atoms with E-state index in [4.69, 9.17) is 16.3 Å². The quantitative estimate of drug-likeness (QED) is 0.597. The Morgan fingerprint density at radius 1 is 1.24 bits per heavy atom. The molecule has 1 aromatic carbocycles. The van der Waals surface area contributed by atoms with Gasteiger partial charge in [0.1, 0.15) is 0 Å². The fourth-order valence-corrected chi connectivity index (χ4v) is 3.96. The van der Waals surface area contributed by atoms with E-state index in [-0.39, 0.29) is 18.0 Å². The Hall–Kier alpha value is -1.67. The van der Waals surface area contributed by atoms with E-state index in [1.54, 1.807) is 11.5 Å². The molecule has 6 nitrogen and oxygen atoms in total. The van der Waals surface area contributed by atoms with Gasteiger partial charge in [0.25, 0.3) is 6.54 Å². The first-order valence-corrected chi connectivity index (χ1v) is 9.02. The smallest absolute Gasteiger partial charge is 0.373 e. The lowest BCUT2D eigenvalue weighted by atomic mass is 10.1. The standard InChI is InChI=1S/C17H21ClN3O2S.H2O/c1-19-7-9-20(10-8-19)17-15(13-3-5-14(18)6-4-13)11-21(24-17)12-16(22)23-2;/h3-6,11H,7-10,12H2,1-2H3;1H2/q+1;/p-1. The number of methoxy groups -OCH3 is 1. The molecule has 1 aromatic heterocycles. The number of piperazine rings is 1. The van der Waals surface area contributed by atoms with Crippen LogP contribution in [0.3, 0.4) is 0 Å². The summed E-state index contributed by atoms with van der Waals surface area (Å²) >= 11 is 7.62. The van der Waals surface area contributed by atoms with E-state index >= 15 is 0 Å². The molecule has 1 aliphatic heterocycles. The summed E-state index contributed by atoms with van der Waals surface area (Å²) in [5.41, 5.74) is 2.23. The lowest BCUT2D eigenvalue weighted by Crippen LogP contribution is -2.44. The van der Waals surface area contributed by atoms with Crippen LogP contribution in [0.15, 0.2) is 30.5 Å². The third kappa shape index (κ3) is 4.70. The molecule has 0 unspecified atom stereocenters. The molecule has 0 atom stereocenters. The number of hydrogen-bond acceptors (Lipinski definition) is 6. The fourth-order valence-electron chi connectivity index (χ4n) is 2.72. The van der Waals surface area contributed by atoms with E-state index in [9.17, 15) is 4.79 Å². The first kappa shape index (κ1) is 19.7. The van der Waals surface area contributed by atoms with Gasteiger partial charge in [0.2, 0.25) is 0 Å². The number of rotatable bonds is 4. The molecule has 0 aliphatic carbocycles. The second-order valence-electron chi connectivity index (χ2n) is 5.89. The molecule has 0 amide bonds. The molecule has 8 heteroatoms. The van der Waals surface area contributed by atoms with Gasteiger partial charge >= 0.3 is 5.97 Å². The SMILES string of the molecule is COC(=O)C[n+]1cc(-c2ccc(Cl)cc2)c(N2CCN(C)CC2)s1.[OH-]. The van der Waals surface area contributed by atoms with Gasteiger partial charge in [-0.2, -0.15) is 0 Å². The lowest BCUT2D eigenvalue weighted by Gasteiger charge is -2.32. The molecule has 0 saturated carbocycles. The van der Waals surface area contributed by atoms with Crippen molar-refractivity contribution in [2.24, 2.45) is 0 Å². The number of carbonyl (C=O) groups excluding carboxylic acids is 1. The van der Waals surface area contributed by atoms with E-state index in [0.717, 1.165) is 42.3 Å². The first-order chi connectivity index (χ1) is 11.6. The van der Waals surface area contributed by atoms with Crippen molar-refractivity contribution in [1.82, 2.24) is 4.90 Å². The summed E-state index contributed by atoms with van der Waals surface area (Å²) in [4.78, 5) is 16.3. The van der Waals surface area contributed by atoms with Crippen LogP contribution in [-0.4, -0.2) is 56.7 Å². The summed E-state index contributed by atoms with van der Waals surface area (Å²) in [6.07, 6.45) is 2.03. The molecule has 136 valence electrons. The van der Waals surface area contributed by atoms with Gasteiger partial charge < -0.3 is 20.0 Å². The third-order valence-electron chi connectivity index (χ3n) is 4.17. The highest BCUT2D eigenvalue weighted by atomic mass is 35.5. The Labute approximate surface area is 156 Å². The molecule has 2 aromatic rings. The maximum atomic E-state index is 11.6. The summed E-state index contributed by atoms with van der Waals surface area (Å²) in [6, 6.07) is 7.83. The molecule has 25 heavy (non-hydrogen) atoms. The summed E-state index contributed by atoms with van der Waals surface area (Å²) in [5, 5.41) is 1.91. The van der Waals surface area contributed by atoms with Crippen LogP contribution in [0.25, 0.3) is 11.1 Å². The minimum absolute atomic E-state index is 0. The van der Waals surface area contributed by atoms with E-state index in [2.05, 4.69) is 16.8 Å². The van der Waals surface area contributed by atoms with Gasteiger partial charge in [0, 0.05) is 31.2 Å². The highest BCUT2D eigenvalue weighted by molar-refractivity contribution is 7.07. The van der Waals surface area contributed by atoms with Gasteiger partial charge in [-0.05, 0) is 24.7 Å². The first-order valence-electron chi connectivity index (χ1n) is 7.87. The van der Waals surface area contributed by atoms with Gasteiger partial charge in [-0.15, -0.1) is 3.96 Å². The van der Waals surface area contributed by atoms with Crippen LogP contribution in [0, 0.1) is 0 Å². The van der Waals surface area contributed by atoms with Crippen LogP contribution >= 0.6 is 23.1 Å². The lowest BCUT2D eigenvalue weighted by molar-refractivity contribution is -0.616. The molecule has 2 heterocycles. The number of hydrogen-bond donors (Lipinski definition) is 0. The van der Waals surface area contributed by atoms with Crippen LogP contribution in [0.1, 0.15) is 0 Å². The number of benzene rings is 1. The van der Waals surface area contributed by atoms with E-state index in [1.165, 1.54) is 12.1 Å². The number of ether oxygens (including phenoxy) is 1. The van der Waals surface area contributed by atoms with Gasteiger partial charge in [-0.3, -0.25) is 0 Å². The van der Waals surface area contributed by atoms with Crippen molar-refractivity contribution in [3.63, 3.8) is 0 Å². The highest BCUT2D eigenvalue weighted by Crippen LogP contribution is 2.34. The number of nitrogens with zero attached hydrogens (tertiary/aromatic N) is 3. The zero-order valence-corrected chi connectivity index (χ0v) is 15.9. The van der Waals surface area contributed by atoms with Gasteiger partial charge in [0.05, 0.1) is 12.7 Å². The van der Waals surface area contributed by atoms with Crippen LogP contribution in [0.4, 0.5) is 5.00 Å². The van der Waals surface area contributed by atoms with Gasteiger partial charge in [-0.25, -0.2) is 4.79 Å². The second-order valence-corrected chi connectivity index (χ2v) is 7.36. The number of likely N-dealkylation sites (N-methyl/N-ethyl adjacent to an activating group) is 1. The van der Waals surface area contributed by atoms with Crippen molar-refractivity contribution in [3.05, 3.63) is 35.5 Å².